The third-order valence-corrected chi connectivity index (χ3v) is 2.48. The van der Waals surface area contributed by atoms with Gasteiger partial charge in [-0.3, -0.25) is 4.79 Å². The van der Waals surface area contributed by atoms with Crippen LogP contribution in [0.5, 0.6) is 0 Å². The van der Waals surface area contributed by atoms with Gasteiger partial charge in [-0.2, -0.15) is 0 Å². The number of likely N-dealkylation sites (N-methyl/N-ethyl adjacent to an activating group) is 2. The van der Waals surface area contributed by atoms with Crippen molar-refractivity contribution in [2.45, 2.75) is 0 Å². The Kier molecular flexibility index (Phi) is 5.01. The van der Waals surface area contributed by atoms with Gasteiger partial charge in [-0.1, -0.05) is 6.07 Å². The van der Waals surface area contributed by atoms with Crippen LogP contribution < -0.4 is 10.6 Å². The first-order valence-corrected chi connectivity index (χ1v) is 5.61. The molecule has 0 aliphatic rings. The molecule has 0 heterocycles. The summed E-state index contributed by atoms with van der Waals surface area (Å²) in [6, 6.07) is 2.63. The highest BCUT2D eigenvalue weighted by Gasteiger charge is 2.19. The minimum Gasteiger partial charge on any atom is -0.478 e. The molecule has 20 heavy (non-hydrogen) atoms. The molecule has 1 aromatic rings. The van der Waals surface area contributed by atoms with Crippen LogP contribution in [0.4, 0.5) is 14.9 Å². The van der Waals surface area contributed by atoms with E-state index in [1.54, 1.807) is 0 Å². The van der Waals surface area contributed by atoms with Gasteiger partial charge in [-0.15, -0.1) is 0 Å². The van der Waals surface area contributed by atoms with Crippen LogP contribution in [-0.4, -0.2) is 48.6 Å². The third-order valence-electron chi connectivity index (χ3n) is 2.48. The van der Waals surface area contributed by atoms with E-state index in [4.69, 9.17) is 5.11 Å². The van der Waals surface area contributed by atoms with Gasteiger partial charge < -0.3 is 20.6 Å². The van der Waals surface area contributed by atoms with E-state index in [0.29, 0.717) is 0 Å². The van der Waals surface area contributed by atoms with E-state index < -0.39 is 29.4 Å². The van der Waals surface area contributed by atoms with Crippen LogP contribution in [0.3, 0.4) is 0 Å². The number of hydrogen-bond acceptors (Lipinski definition) is 3. The maximum absolute atomic E-state index is 13.6. The molecule has 0 aliphatic carbocycles. The minimum absolute atomic E-state index is 0.237. The SMILES string of the molecule is CNC(=O)CN(C)C(=O)Nc1c(F)cccc1C(=O)O. The van der Waals surface area contributed by atoms with E-state index in [0.717, 1.165) is 11.0 Å². The Morgan fingerprint density at radius 3 is 2.55 bits per heavy atom. The second-order valence-electron chi connectivity index (χ2n) is 3.93. The predicted octanol–water partition coefficient (Wildman–Crippen LogP) is 0.734. The highest BCUT2D eigenvalue weighted by atomic mass is 19.1. The number of anilines is 1. The molecule has 0 radical (unpaired) electrons. The lowest BCUT2D eigenvalue weighted by atomic mass is 10.1. The summed E-state index contributed by atoms with van der Waals surface area (Å²) in [6.45, 7) is -0.237. The summed E-state index contributed by atoms with van der Waals surface area (Å²) in [5.41, 5.74) is -0.805. The Morgan fingerprint density at radius 2 is 2.00 bits per heavy atom. The number of urea groups is 1. The first-order chi connectivity index (χ1) is 9.36. The Labute approximate surface area is 114 Å². The molecule has 0 bridgehead atoms. The van der Waals surface area contributed by atoms with Gasteiger partial charge in [-0.25, -0.2) is 14.0 Å². The normalized spacial score (nSPS) is 9.75. The van der Waals surface area contributed by atoms with Crippen molar-refractivity contribution in [1.82, 2.24) is 10.2 Å². The largest absolute Gasteiger partial charge is 0.478 e. The molecule has 0 saturated heterocycles. The van der Waals surface area contributed by atoms with E-state index in [-0.39, 0.29) is 12.1 Å². The summed E-state index contributed by atoms with van der Waals surface area (Å²) in [4.78, 5) is 34.8. The quantitative estimate of drug-likeness (QED) is 0.758. The number of benzene rings is 1. The van der Waals surface area contributed by atoms with E-state index >= 15 is 0 Å². The fraction of sp³-hybridized carbons (Fsp3) is 0.250. The number of carbonyl (C=O) groups excluding carboxylic acids is 2. The van der Waals surface area contributed by atoms with Gasteiger partial charge in [0.05, 0.1) is 11.3 Å². The number of carboxylic acid groups (broad SMARTS) is 1. The number of hydrogen-bond donors (Lipinski definition) is 3. The maximum atomic E-state index is 13.6. The molecule has 0 atom stereocenters. The summed E-state index contributed by atoms with van der Waals surface area (Å²) in [5.74, 6) is -2.64. The first-order valence-electron chi connectivity index (χ1n) is 5.61. The molecule has 0 aliphatic heterocycles. The maximum Gasteiger partial charge on any atom is 0.337 e. The lowest BCUT2D eigenvalue weighted by molar-refractivity contribution is -0.120. The molecule has 3 N–H and O–H groups in total. The van der Waals surface area contributed by atoms with Crippen molar-refractivity contribution in [3.05, 3.63) is 29.6 Å². The van der Waals surface area contributed by atoms with Gasteiger partial charge in [-0.05, 0) is 12.1 Å². The number of carbonyl (C=O) groups is 3. The van der Waals surface area contributed by atoms with Gasteiger partial charge >= 0.3 is 12.0 Å². The smallest absolute Gasteiger partial charge is 0.337 e. The molecule has 1 rings (SSSR count). The second kappa shape index (κ2) is 6.50. The predicted molar refractivity (Wildman–Crippen MR) is 69.1 cm³/mol. The molecule has 0 aromatic heterocycles. The molecule has 108 valence electrons. The zero-order chi connectivity index (χ0) is 15.3. The number of carboxylic acids is 1. The van der Waals surface area contributed by atoms with E-state index in [1.807, 2.05) is 0 Å². The Hall–Kier alpha value is -2.64. The molecule has 3 amide bonds. The molecule has 0 unspecified atom stereocenters. The average molecular weight is 283 g/mol. The van der Waals surface area contributed by atoms with Crippen LogP contribution in [0.15, 0.2) is 18.2 Å². The molecule has 0 fully saturated rings. The zero-order valence-electron chi connectivity index (χ0n) is 10.9. The Balaban J connectivity index is 2.90. The Bertz CT molecular complexity index is 548. The van der Waals surface area contributed by atoms with Crippen molar-refractivity contribution in [2.24, 2.45) is 0 Å². The summed E-state index contributed by atoms with van der Waals surface area (Å²) >= 11 is 0. The van der Waals surface area contributed by atoms with Crippen LogP contribution in [0, 0.1) is 5.82 Å². The highest BCUT2D eigenvalue weighted by molar-refractivity contribution is 6.00. The van der Waals surface area contributed by atoms with E-state index in [9.17, 15) is 18.8 Å². The topological polar surface area (TPSA) is 98.7 Å². The second-order valence-corrected chi connectivity index (χ2v) is 3.93. The fourth-order valence-electron chi connectivity index (χ4n) is 1.40. The number of nitrogens with one attached hydrogen (secondary N) is 2. The van der Waals surface area contributed by atoms with Gasteiger partial charge in [0, 0.05) is 14.1 Å². The summed E-state index contributed by atoms with van der Waals surface area (Å²) in [7, 11) is 2.74. The van der Waals surface area contributed by atoms with Crippen molar-refractivity contribution >= 4 is 23.6 Å². The van der Waals surface area contributed by atoms with Crippen molar-refractivity contribution in [3.8, 4) is 0 Å². The molecule has 1 aromatic carbocycles. The number of rotatable bonds is 4. The van der Waals surface area contributed by atoms with E-state index in [2.05, 4.69) is 10.6 Å². The minimum atomic E-state index is -1.37. The van der Waals surface area contributed by atoms with Crippen LogP contribution in [0.25, 0.3) is 0 Å². The van der Waals surface area contributed by atoms with Crippen LogP contribution >= 0.6 is 0 Å². The number of nitrogens with zero attached hydrogens (tertiary/aromatic N) is 1. The fourth-order valence-corrected chi connectivity index (χ4v) is 1.40. The summed E-state index contributed by atoms with van der Waals surface area (Å²) in [6.07, 6.45) is 0. The van der Waals surface area contributed by atoms with E-state index in [1.165, 1.54) is 26.2 Å². The number of para-hydroxylation sites is 1. The van der Waals surface area contributed by atoms with Crippen LogP contribution in [0.1, 0.15) is 10.4 Å². The third kappa shape index (κ3) is 3.67. The van der Waals surface area contributed by atoms with Crippen molar-refractivity contribution in [2.75, 3.05) is 26.0 Å². The monoisotopic (exact) mass is 283 g/mol. The van der Waals surface area contributed by atoms with Crippen molar-refractivity contribution < 1.29 is 23.9 Å². The molecule has 0 spiro atoms. The van der Waals surface area contributed by atoms with Crippen LogP contribution in [-0.2, 0) is 4.79 Å². The average Bonchev–Trinajstić information content (AvgIpc) is 2.40. The summed E-state index contributed by atoms with van der Waals surface area (Å²) in [5, 5.41) is 13.4. The lowest BCUT2D eigenvalue weighted by Crippen LogP contribution is -2.39. The molecular formula is C12H14FN3O4. The van der Waals surface area contributed by atoms with Gasteiger partial charge in [0.15, 0.2) is 0 Å². The lowest BCUT2D eigenvalue weighted by Gasteiger charge is -2.18. The van der Waals surface area contributed by atoms with Crippen molar-refractivity contribution in [3.63, 3.8) is 0 Å². The zero-order valence-corrected chi connectivity index (χ0v) is 10.9. The van der Waals surface area contributed by atoms with Crippen molar-refractivity contribution in [1.29, 1.82) is 0 Å². The molecule has 7 nitrogen and oxygen atoms in total. The number of aromatic carboxylic acids is 1. The van der Waals surface area contributed by atoms with Gasteiger partial charge in [0.1, 0.15) is 12.4 Å². The number of amides is 3. The standard InChI is InChI=1S/C12H14FN3O4/c1-14-9(17)6-16(2)12(20)15-10-7(11(18)19)4-3-5-8(10)13/h3-5H,6H2,1-2H3,(H,14,17)(H,15,20)(H,18,19). The first kappa shape index (κ1) is 15.4. The highest BCUT2D eigenvalue weighted by Crippen LogP contribution is 2.20. The van der Waals surface area contributed by atoms with Gasteiger partial charge in [0.25, 0.3) is 0 Å². The van der Waals surface area contributed by atoms with Gasteiger partial charge in [0.2, 0.25) is 5.91 Å². The molecule has 8 heteroatoms. The molecular weight excluding hydrogens is 269 g/mol. The summed E-state index contributed by atoms with van der Waals surface area (Å²) < 4.78 is 13.6. The Morgan fingerprint density at radius 1 is 1.35 bits per heavy atom. The number of halogens is 1. The van der Waals surface area contributed by atoms with Crippen LogP contribution in [0.2, 0.25) is 0 Å². The molecule has 0 saturated carbocycles.